The molecule has 1 heterocycles. The molecule has 8 heteroatoms. The number of nitrogens with zero attached hydrogens (tertiary/aromatic N) is 2. The van der Waals surface area contributed by atoms with E-state index in [1.54, 1.807) is 0 Å². The third-order valence-electron chi connectivity index (χ3n) is 1.95. The molecule has 0 unspecified atom stereocenters. The first kappa shape index (κ1) is 14.9. The molecule has 0 spiro atoms. The molecule has 0 aliphatic rings. The van der Waals surface area contributed by atoms with Crippen LogP contribution in [0.3, 0.4) is 0 Å². The highest BCUT2D eigenvalue weighted by molar-refractivity contribution is 4.86. The Hall–Kier alpha value is -1.15. The summed E-state index contributed by atoms with van der Waals surface area (Å²) in [5.74, 6) is 0.778. The van der Waals surface area contributed by atoms with E-state index in [2.05, 4.69) is 20.2 Å². The van der Waals surface area contributed by atoms with Crippen molar-refractivity contribution >= 4 is 0 Å². The maximum Gasteiger partial charge on any atom is 0.411 e. The minimum atomic E-state index is -4.30. The topological polar surface area (TPSA) is 60.2 Å². The smallest absolute Gasteiger partial charge is 0.372 e. The van der Waals surface area contributed by atoms with Gasteiger partial charge in [-0.15, -0.1) is 0 Å². The van der Waals surface area contributed by atoms with E-state index in [0.29, 0.717) is 18.3 Å². The molecule has 0 amide bonds. The molecule has 1 N–H and O–H groups in total. The first-order valence-electron chi connectivity index (χ1n) is 5.68. The molecule has 0 bridgehead atoms. The van der Waals surface area contributed by atoms with E-state index in [0.717, 1.165) is 13.0 Å². The molecule has 0 atom stereocenters. The van der Waals surface area contributed by atoms with Crippen LogP contribution in [0, 0.1) is 0 Å². The van der Waals surface area contributed by atoms with E-state index >= 15 is 0 Å². The van der Waals surface area contributed by atoms with Crippen molar-refractivity contribution in [1.29, 1.82) is 0 Å². The van der Waals surface area contributed by atoms with E-state index in [4.69, 9.17) is 4.52 Å². The number of ether oxygens (including phenoxy) is 1. The quantitative estimate of drug-likeness (QED) is 0.726. The van der Waals surface area contributed by atoms with E-state index in [9.17, 15) is 13.2 Å². The van der Waals surface area contributed by atoms with Gasteiger partial charge >= 0.3 is 6.18 Å². The van der Waals surface area contributed by atoms with Crippen molar-refractivity contribution in [3.05, 3.63) is 11.7 Å². The minimum Gasteiger partial charge on any atom is -0.372 e. The van der Waals surface area contributed by atoms with Crippen LogP contribution in [0.1, 0.15) is 25.1 Å². The standard InChI is InChI=1S/C10H16F3N3O2/c1-2-4-14-6-9-15-8(16-18-9)3-5-17-7-10(11,12)13/h14H,2-7H2,1H3. The summed E-state index contributed by atoms with van der Waals surface area (Å²) in [7, 11) is 0. The average molecular weight is 267 g/mol. The summed E-state index contributed by atoms with van der Waals surface area (Å²) in [6.07, 6.45) is -3.11. The van der Waals surface area contributed by atoms with Crippen LogP contribution in [0.15, 0.2) is 4.52 Å². The Labute approximate surface area is 103 Å². The number of aromatic nitrogens is 2. The zero-order valence-electron chi connectivity index (χ0n) is 10.1. The summed E-state index contributed by atoms with van der Waals surface area (Å²) in [5.41, 5.74) is 0. The van der Waals surface area contributed by atoms with Crippen LogP contribution in [0.5, 0.6) is 0 Å². The Kier molecular flexibility index (Phi) is 6.06. The van der Waals surface area contributed by atoms with Crippen LogP contribution < -0.4 is 5.32 Å². The molecule has 0 aliphatic carbocycles. The van der Waals surface area contributed by atoms with Crippen molar-refractivity contribution in [2.24, 2.45) is 0 Å². The van der Waals surface area contributed by atoms with Crippen LogP contribution >= 0.6 is 0 Å². The second-order valence-electron chi connectivity index (χ2n) is 3.70. The van der Waals surface area contributed by atoms with Crippen molar-refractivity contribution < 1.29 is 22.4 Å². The predicted octanol–water partition coefficient (Wildman–Crippen LogP) is 1.69. The monoisotopic (exact) mass is 267 g/mol. The first-order valence-corrected chi connectivity index (χ1v) is 5.68. The molecule has 0 fully saturated rings. The molecule has 0 saturated carbocycles. The van der Waals surface area contributed by atoms with Crippen LogP contribution in [0.25, 0.3) is 0 Å². The van der Waals surface area contributed by atoms with Crippen molar-refractivity contribution in [1.82, 2.24) is 15.5 Å². The molecule has 104 valence electrons. The van der Waals surface area contributed by atoms with Gasteiger partial charge in [0.1, 0.15) is 6.61 Å². The highest BCUT2D eigenvalue weighted by Gasteiger charge is 2.27. The van der Waals surface area contributed by atoms with Gasteiger partial charge in [-0.1, -0.05) is 12.1 Å². The van der Waals surface area contributed by atoms with Gasteiger partial charge in [-0.3, -0.25) is 0 Å². The Morgan fingerprint density at radius 2 is 2.17 bits per heavy atom. The summed E-state index contributed by atoms with van der Waals surface area (Å²) in [6.45, 7) is 2.00. The number of halogens is 3. The van der Waals surface area contributed by atoms with Crippen LogP contribution in [0.4, 0.5) is 13.2 Å². The lowest BCUT2D eigenvalue weighted by Crippen LogP contribution is -2.18. The highest BCUT2D eigenvalue weighted by Crippen LogP contribution is 2.14. The van der Waals surface area contributed by atoms with E-state index in [1.165, 1.54) is 0 Å². The fourth-order valence-corrected chi connectivity index (χ4v) is 1.19. The third kappa shape index (κ3) is 6.55. The molecule has 18 heavy (non-hydrogen) atoms. The number of alkyl halides is 3. The van der Waals surface area contributed by atoms with Crippen LogP contribution in [-0.4, -0.2) is 36.1 Å². The number of rotatable bonds is 8. The largest absolute Gasteiger partial charge is 0.411 e. The maximum atomic E-state index is 11.8. The zero-order valence-corrected chi connectivity index (χ0v) is 10.1. The van der Waals surface area contributed by atoms with Crippen molar-refractivity contribution in [3.8, 4) is 0 Å². The second kappa shape index (κ2) is 7.32. The average Bonchev–Trinajstić information content (AvgIpc) is 2.72. The molecule has 0 radical (unpaired) electrons. The highest BCUT2D eigenvalue weighted by atomic mass is 19.4. The number of hydrogen-bond donors (Lipinski definition) is 1. The number of hydrogen-bond acceptors (Lipinski definition) is 5. The van der Waals surface area contributed by atoms with Crippen LogP contribution in [0.2, 0.25) is 0 Å². The van der Waals surface area contributed by atoms with Crippen molar-refractivity contribution in [2.45, 2.75) is 32.5 Å². The molecule has 1 aromatic rings. The van der Waals surface area contributed by atoms with E-state index < -0.39 is 12.8 Å². The van der Waals surface area contributed by atoms with Crippen molar-refractivity contribution in [2.75, 3.05) is 19.8 Å². The normalized spacial score (nSPS) is 12.0. The Morgan fingerprint density at radius 3 is 2.83 bits per heavy atom. The van der Waals surface area contributed by atoms with Gasteiger partial charge in [0, 0.05) is 6.42 Å². The Morgan fingerprint density at radius 1 is 1.39 bits per heavy atom. The molecule has 1 rings (SSSR count). The summed E-state index contributed by atoms with van der Waals surface area (Å²) in [6, 6.07) is 0. The molecule has 1 aromatic heterocycles. The molecule has 0 aromatic carbocycles. The van der Waals surface area contributed by atoms with Gasteiger partial charge in [0.2, 0.25) is 5.89 Å². The van der Waals surface area contributed by atoms with Gasteiger partial charge in [-0.05, 0) is 13.0 Å². The SMILES string of the molecule is CCCNCc1nc(CCOCC(F)(F)F)no1. The van der Waals surface area contributed by atoms with Crippen molar-refractivity contribution in [3.63, 3.8) is 0 Å². The summed E-state index contributed by atoms with van der Waals surface area (Å²) < 4.78 is 44.7. The lowest BCUT2D eigenvalue weighted by atomic mass is 10.4. The Balaban J connectivity index is 2.19. The van der Waals surface area contributed by atoms with Gasteiger partial charge < -0.3 is 14.6 Å². The fraction of sp³-hybridized carbons (Fsp3) is 0.800. The van der Waals surface area contributed by atoms with E-state index in [1.807, 2.05) is 6.92 Å². The summed E-state index contributed by atoms with van der Waals surface area (Å²) in [4.78, 5) is 4.01. The molecule has 5 nitrogen and oxygen atoms in total. The second-order valence-corrected chi connectivity index (χ2v) is 3.70. The van der Waals surface area contributed by atoms with Gasteiger partial charge in [-0.2, -0.15) is 18.2 Å². The van der Waals surface area contributed by atoms with Crippen LogP contribution in [-0.2, 0) is 17.7 Å². The first-order chi connectivity index (χ1) is 8.51. The van der Waals surface area contributed by atoms with Gasteiger partial charge in [0.05, 0.1) is 13.2 Å². The number of nitrogens with one attached hydrogen (secondary N) is 1. The molecular weight excluding hydrogens is 251 g/mol. The van der Waals surface area contributed by atoms with Gasteiger partial charge in [0.15, 0.2) is 5.82 Å². The molecular formula is C10H16F3N3O2. The molecule has 0 aliphatic heterocycles. The zero-order chi connectivity index (χ0) is 13.4. The van der Waals surface area contributed by atoms with Gasteiger partial charge in [0.25, 0.3) is 0 Å². The van der Waals surface area contributed by atoms with E-state index in [-0.39, 0.29) is 13.0 Å². The van der Waals surface area contributed by atoms with Gasteiger partial charge in [-0.25, -0.2) is 0 Å². The lowest BCUT2D eigenvalue weighted by molar-refractivity contribution is -0.173. The third-order valence-corrected chi connectivity index (χ3v) is 1.95. The minimum absolute atomic E-state index is 0.0825. The molecule has 0 saturated heterocycles. The maximum absolute atomic E-state index is 11.8. The summed E-state index contributed by atoms with van der Waals surface area (Å²) in [5, 5.41) is 6.72. The Bertz CT molecular complexity index is 341. The fourth-order valence-electron chi connectivity index (χ4n) is 1.19. The lowest BCUT2D eigenvalue weighted by Gasteiger charge is -2.05. The summed E-state index contributed by atoms with van der Waals surface area (Å²) >= 11 is 0. The predicted molar refractivity (Wildman–Crippen MR) is 56.9 cm³/mol.